The predicted octanol–water partition coefficient (Wildman–Crippen LogP) is 2.93. The molecule has 1 aromatic carbocycles. The van der Waals surface area contributed by atoms with E-state index in [0.29, 0.717) is 12.0 Å². The minimum atomic E-state index is 0.186. The molecule has 0 aromatic heterocycles. The molecule has 0 spiro atoms. The maximum absolute atomic E-state index is 6.02. The van der Waals surface area contributed by atoms with Crippen molar-refractivity contribution in [3.05, 3.63) is 35.4 Å². The Hall–Kier alpha value is -0.860. The van der Waals surface area contributed by atoms with Crippen molar-refractivity contribution in [1.82, 2.24) is 5.32 Å². The van der Waals surface area contributed by atoms with Crippen molar-refractivity contribution in [2.45, 2.75) is 39.3 Å². The summed E-state index contributed by atoms with van der Waals surface area (Å²) in [7, 11) is 0. The average Bonchev–Trinajstić information content (AvgIpc) is 2.52. The van der Waals surface area contributed by atoms with Crippen LogP contribution in [0, 0.1) is 5.92 Å². The number of nitrogens with one attached hydrogen (secondary N) is 1. The van der Waals surface area contributed by atoms with E-state index in [-0.39, 0.29) is 6.10 Å². The molecule has 1 aliphatic rings. The van der Waals surface area contributed by atoms with Crippen LogP contribution in [0.1, 0.15) is 38.0 Å². The summed E-state index contributed by atoms with van der Waals surface area (Å²) in [5.74, 6) is 0.595. The largest absolute Gasteiger partial charge is 0.372 e. The van der Waals surface area contributed by atoms with E-state index in [1.165, 1.54) is 11.1 Å². The first kappa shape index (κ1) is 12.6. The molecule has 2 nitrogen and oxygen atoms in total. The molecule has 2 heteroatoms. The molecule has 0 amide bonds. The van der Waals surface area contributed by atoms with Gasteiger partial charge in [0.1, 0.15) is 0 Å². The molecule has 0 radical (unpaired) electrons. The second-order valence-corrected chi connectivity index (χ2v) is 5.15. The number of aryl methyl sites for hydroxylation is 1. The topological polar surface area (TPSA) is 21.3 Å². The molecule has 1 heterocycles. The zero-order valence-corrected chi connectivity index (χ0v) is 11.1. The van der Waals surface area contributed by atoms with Gasteiger partial charge in [-0.05, 0) is 30.4 Å². The first-order chi connectivity index (χ1) is 8.20. The standard InChI is InChI=1S/C15H23NO/c1-4-13-5-7-14(8-6-13)15-12(3)16-9-11(2)10-17-15/h5-8,11-12,15-16H,4,9-10H2,1-3H3. The Morgan fingerprint density at radius 1 is 1.24 bits per heavy atom. The van der Waals surface area contributed by atoms with E-state index in [0.717, 1.165) is 19.6 Å². The van der Waals surface area contributed by atoms with Gasteiger partial charge in [-0.1, -0.05) is 38.1 Å². The van der Waals surface area contributed by atoms with Crippen LogP contribution in [0.2, 0.25) is 0 Å². The van der Waals surface area contributed by atoms with Crippen molar-refractivity contribution in [1.29, 1.82) is 0 Å². The number of rotatable bonds is 2. The second-order valence-electron chi connectivity index (χ2n) is 5.15. The van der Waals surface area contributed by atoms with Gasteiger partial charge >= 0.3 is 0 Å². The maximum Gasteiger partial charge on any atom is 0.0975 e. The highest BCUT2D eigenvalue weighted by Gasteiger charge is 2.24. The summed E-state index contributed by atoms with van der Waals surface area (Å²) in [5, 5.41) is 3.55. The Morgan fingerprint density at radius 3 is 2.59 bits per heavy atom. The van der Waals surface area contributed by atoms with Gasteiger partial charge in [0.25, 0.3) is 0 Å². The SMILES string of the molecule is CCc1ccc(C2OCC(C)CNC2C)cc1. The predicted molar refractivity (Wildman–Crippen MR) is 71.1 cm³/mol. The molecule has 0 bridgehead atoms. The van der Waals surface area contributed by atoms with E-state index in [1.54, 1.807) is 0 Å². The van der Waals surface area contributed by atoms with Gasteiger partial charge < -0.3 is 10.1 Å². The third kappa shape index (κ3) is 3.08. The van der Waals surface area contributed by atoms with Crippen LogP contribution >= 0.6 is 0 Å². The van der Waals surface area contributed by atoms with Gasteiger partial charge in [0, 0.05) is 12.6 Å². The fourth-order valence-electron chi connectivity index (χ4n) is 2.29. The summed E-state index contributed by atoms with van der Waals surface area (Å²) in [4.78, 5) is 0. The smallest absolute Gasteiger partial charge is 0.0975 e. The highest BCUT2D eigenvalue weighted by Crippen LogP contribution is 2.24. The minimum absolute atomic E-state index is 0.186. The number of benzene rings is 1. The zero-order chi connectivity index (χ0) is 12.3. The monoisotopic (exact) mass is 233 g/mol. The first-order valence-electron chi connectivity index (χ1n) is 6.64. The summed E-state index contributed by atoms with van der Waals surface area (Å²) in [5.41, 5.74) is 2.67. The molecule has 1 fully saturated rings. The Morgan fingerprint density at radius 2 is 1.94 bits per heavy atom. The van der Waals surface area contributed by atoms with E-state index < -0.39 is 0 Å². The van der Waals surface area contributed by atoms with E-state index in [1.807, 2.05) is 0 Å². The van der Waals surface area contributed by atoms with Crippen molar-refractivity contribution < 1.29 is 4.74 Å². The van der Waals surface area contributed by atoms with Crippen molar-refractivity contribution in [3.8, 4) is 0 Å². The van der Waals surface area contributed by atoms with E-state index in [9.17, 15) is 0 Å². The van der Waals surface area contributed by atoms with Crippen LogP contribution in [0.3, 0.4) is 0 Å². The lowest BCUT2D eigenvalue weighted by Gasteiger charge is -2.22. The van der Waals surface area contributed by atoms with Crippen LogP contribution < -0.4 is 5.32 Å². The fraction of sp³-hybridized carbons (Fsp3) is 0.600. The van der Waals surface area contributed by atoms with Crippen LogP contribution in [0.15, 0.2) is 24.3 Å². The quantitative estimate of drug-likeness (QED) is 0.848. The maximum atomic E-state index is 6.02. The first-order valence-corrected chi connectivity index (χ1v) is 6.64. The van der Waals surface area contributed by atoms with Crippen molar-refractivity contribution in [2.75, 3.05) is 13.2 Å². The Bertz CT molecular complexity index is 346. The van der Waals surface area contributed by atoms with E-state index in [4.69, 9.17) is 4.74 Å². The van der Waals surface area contributed by atoms with Gasteiger partial charge in [-0.2, -0.15) is 0 Å². The van der Waals surface area contributed by atoms with Crippen LogP contribution in [-0.2, 0) is 11.2 Å². The second kappa shape index (κ2) is 5.65. The molecule has 1 N–H and O–H groups in total. The fourth-order valence-corrected chi connectivity index (χ4v) is 2.29. The van der Waals surface area contributed by atoms with E-state index >= 15 is 0 Å². The summed E-state index contributed by atoms with van der Waals surface area (Å²) in [6.45, 7) is 8.50. The van der Waals surface area contributed by atoms with Gasteiger partial charge in [0.2, 0.25) is 0 Å². The Balaban J connectivity index is 2.13. The lowest BCUT2D eigenvalue weighted by Crippen LogP contribution is -2.32. The molecule has 17 heavy (non-hydrogen) atoms. The highest BCUT2D eigenvalue weighted by molar-refractivity contribution is 5.25. The van der Waals surface area contributed by atoms with Crippen LogP contribution in [0.25, 0.3) is 0 Å². The van der Waals surface area contributed by atoms with Crippen molar-refractivity contribution >= 4 is 0 Å². The molecular formula is C15H23NO. The molecule has 3 unspecified atom stereocenters. The molecule has 0 saturated carbocycles. The van der Waals surface area contributed by atoms with Crippen LogP contribution in [-0.4, -0.2) is 19.2 Å². The van der Waals surface area contributed by atoms with Gasteiger partial charge in [-0.25, -0.2) is 0 Å². The zero-order valence-electron chi connectivity index (χ0n) is 11.1. The number of ether oxygens (including phenoxy) is 1. The third-order valence-electron chi connectivity index (χ3n) is 3.52. The normalized spacial score (nSPS) is 29.9. The lowest BCUT2D eigenvalue weighted by molar-refractivity contribution is 0.0337. The third-order valence-corrected chi connectivity index (χ3v) is 3.52. The van der Waals surface area contributed by atoms with Crippen LogP contribution in [0.5, 0.6) is 0 Å². The highest BCUT2D eigenvalue weighted by atomic mass is 16.5. The summed E-state index contributed by atoms with van der Waals surface area (Å²) in [6, 6.07) is 9.21. The molecule has 1 aromatic rings. The molecule has 1 aliphatic heterocycles. The molecule has 0 aliphatic carbocycles. The molecule has 1 saturated heterocycles. The van der Waals surface area contributed by atoms with Crippen molar-refractivity contribution in [3.63, 3.8) is 0 Å². The van der Waals surface area contributed by atoms with Gasteiger partial charge in [-0.3, -0.25) is 0 Å². The lowest BCUT2D eigenvalue weighted by atomic mass is 10.0. The Labute approximate surface area is 104 Å². The Kier molecular flexibility index (Phi) is 4.19. The minimum Gasteiger partial charge on any atom is -0.372 e. The molecule has 3 atom stereocenters. The number of hydrogen-bond donors (Lipinski definition) is 1. The summed E-state index contributed by atoms with van der Waals surface area (Å²) >= 11 is 0. The van der Waals surface area contributed by atoms with Gasteiger partial charge in [0.15, 0.2) is 0 Å². The molecule has 2 rings (SSSR count). The van der Waals surface area contributed by atoms with Gasteiger partial charge in [0.05, 0.1) is 12.7 Å². The average molecular weight is 233 g/mol. The summed E-state index contributed by atoms with van der Waals surface area (Å²) < 4.78 is 6.02. The van der Waals surface area contributed by atoms with Crippen LogP contribution in [0.4, 0.5) is 0 Å². The van der Waals surface area contributed by atoms with E-state index in [2.05, 4.69) is 50.4 Å². The molecule has 94 valence electrons. The molecular weight excluding hydrogens is 210 g/mol. The van der Waals surface area contributed by atoms with Crippen molar-refractivity contribution in [2.24, 2.45) is 5.92 Å². The summed E-state index contributed by atoms with van der Waals surface area (Å²) in [6.07, 6.45) is 1.28. The van der Waals surface area contributed by atoms with Gasteiger partial charge in [-0.15, -0.1) is 0 Å². The number of hydrogen-bond acceptors (Lipinski definition) is 2.